The summed E-state index contributed by atoms with van der Waals surface area (Å²) in [6, 6.07) is 3.92. The molecule has 0 aliphatic heterocycles. The van der Waals surface area contributed by atoms with Crippen molar-refractivity contribution in [1.82, 2.24) is 14.9 Å². The summed E-state index contributed by atoms with van der Waals surface area (Å²) in [7, 11) is 1.62. The predicted molar refractivity (Wildman–Crippen MR) is 87.1 cm³/mol. The third kappa shape index (κ3) is 3.56. The molecule has 0 aliphatic carbocycles. The molecule has 8 heteroatoms. The Morgan fingerprint density at radius 3 is 2.81 bits per heavy atom. The van der Waals surface area contributed by atoms with Crippen LogP contribution in [0.4, 0.5) is 0 Å². The van der Waals surface area contributed by atoms with E-state index in [4.69, 9.17) is 21.7 Å². The van der Waals surface area contributed by atoms with E-state index in [1.807, 2.05) is 26.0 Å². The van der Waals surface area contributed by atoms with Crippen molar-refractivity contribution in [2.24, 2.45) is 0 Å². The van der Waals surface area contributed by atoms with Crippen LogP contribution in [0.15, 0.2) is 16.6 Å². The largest absolute Gasteiger partial charge is 0.492 e. The number of benzene rings is 1. The first kappa shape index (κ1) is 15.8. The minimum Gasteiger partial charge on any atom is -0.492 e. The summed E-state index contributed by atoms with van der Waals surface area (Å²) in [4.78, 5) is 0. The first-order valence-electron chi connectivity index (χ1n) is 6.44. The Morgan fingerprint density at radius 1 is 1.48 bits per heavy atom. The molecule has 21 heavy (non-hydrogen) atoms. The Kier molecular flexibility index (Phi) is 5.24. The summed E-state index contributed by atoms with van der Waals surface area (Å²) in [5.41, 5.74) is 4.25. The third-order valence-corrected chi connectivity index (χ3v) is 3.72. The molecule has 1 aromatic carbocycles. The van der Waals surface area contributed by atoms with Crippen molar-refractivity contribution < 1.29 is 9.47 Å². The highest BCUT2D eigenvalue weighted by Crippen LogP contribution is 2.36. The highest BCUT2D eigenvalue weighted by Gasteiger charge is 2.11. The van der Waals surface area contributed by atoms with E-state index in [0.29, 0.717) is 29.4 Å². The van der Waals surface area contributed by atoms with Crippen LogP contribution in [-0.4, -0.2) is 28.6 Å². The SMILES string of the molecule is CCOc1cc(CNn2c(C)n[nH]c2=S)cc(Br)c1OC. The lowest BCUT2D eigenvalue weighted by Crippen LogP contribution is -2.16. The number of halogens is 1. The van der Waals surface area contributed by atoms with Gasteiger partial charge in [0.2, 0.25) is 4.77 Å². The van der Waals surface area contributed by atoms with Crippen molar-refractivity contribution in [3.63, 3.8) is 0 Å². The minimum atomic E-state index is 0.533. The van der Waals surface area contributed by atoms with Gasteiger partial charge >= 0.3 is 0 Å². The van der Waals surface area contributed by atoms with Crippen LogP contribution in [0.2, 0.25) is 0 Å². The van der Waals surface area contributed by atoms with Crippen molar-refractivity contribution >= 4 is 28.1 Å². The lowest BCUT2D eigenvalue weighted by atomic mass is 10.2. The molecule has 114 valence electrons. The number of aromatic amines is 1. The second kappa shape index (κ2) is 6.95. The van der Waals surface area contributed by atoms with Gasteiger partial charge in [0.1, 0.15) is 5.82 Å². The fourth-order valence-corrected chi connectivity index (χ4v) is 2.81. The topological polar surface area (TPSA) is 64.1 Å². The van der Waals surface area contributed by atoms with E-state index in [1.54, 1.807) is 11.8 Å². The zero-order valence-electron chi connectivity index (χ0n) is 12.1. The minimum absolute atomic E-state index is 0.533. The molecular weight excluding hydrogens is 356 g/mol. The van der Waals surface area contributed by atoms with Crippen molar-refractivity contribution in [1.29, 1.82) is 0 Å². The first-order chi connectivity index (χ1) is 10.1. The summed E-state index contributed by atoms with van der Waals surface area (Å²) >= 11 is 8.65. The average molecular weight is 373 g/mol. The molecule has 2 aromatic rings. The molecule has 0 fully saturated rings. The lowest BCUT2D eigenvalue weighted by Gasteiger charge is -2.14. The summed E-state index contributed by atoms with van der Waals surface area (Å²) < 4.78 is 14.1. The number of nitrogens with zero attached hydrogens (tertiary/aromatic N) is 2. The highest BCUT2D eigenvalue weighted by molar-refractivity contribution is 9.10. The Bertz CT molecular complexity index is 683. The molecule has 0 spiro atoms. The van der Waals surface area contributed by atoms with E-state index in [1.165, 1.54) is 0 Å². The predicted octanol–water partition coefficient (Wildman–Crippen LogP) is 3.16. The molecule has 2 N–H and O–H groups in total. The smallest absolute Gasteiger partial charge is 0.214 e. The van der Waals surface area contributed by atoms with Crippen LogP contribution in [-0.2, 0) is 6.54 Å². The van der Waals surface area contributed by atoms with Crippen LogP contribution in [0, 0.1) is 11.7 Å². The van der Waals surface area contributed by atoms with E-state index in [-0.39, 0.29) is 0 Å². The van der Waals surface area contributed by atoms with Gasteiger partial charge < -0.3 is 14.9 Å². The van der Waals surface area contributed by atoms with Crippen LogP contribution < -0.4 is 14.9 Å². The number of rotatable bonds is 6. The summed E-state index contributed by atoms with van der Waals surface area (Å²) in [5.74, 6) is 2.17. The number of aromatic nitrogens is 3. The van der Waals surface area contributed by atoms with Gasteiger partial charge in [0.25, 0.3) is 0 Å². The van der Waals surface area contributed by atoms with E-state index in [9.17, 15) is 0 Å². The van der Waals surface area contributed by atoms with Crippen LogP contribution in [0.25, 0.3) is 0 Å². The molecule has 0 aliphatic rings. The second-order valence-electron chi connectivity index (χ2n) is 4.29. The number of H-pyrrole nitrogens is 1. The van der Waals surface area contributed by atoms with E-state index >= 15 is 0 Å². The van der Waals surface area contributed by atoms with Gasteiger partial charge in [0, 0.05) is 0 Å². The van der Waals surface area contributed by atoms with Gasteiger partial charge in [-0.15, -0.1) is 0 Å². The zero-order chi connectivity index (χ0) is 15.4. The Labute approximate surface area is 136 Å². The molecule has 0 atom stereocenters. The average Bonchev–Trinajstić information content (AvgIpc) is 2.76. The molecule has 0 unspecified atom stereocenters. The van der Waals surface area contributed by atoms with Crippen molar-refractivity contribution in [2.45, 2.75) is 20.4 Å². The molecule has 2 rings (SSSR count). The van der Waals surface area contributed by atoms with Gasteiger partial charge in [-0.25, -0.2) is 4.68 Å². The molecule has 1 aromatic heterocycles. The maximum atomic E-state index is 5.61. The van der Waals surface area contributed by atoms with Crippen LogP contribution in [0.1, 0.15) is 18.3 Å². The molecule has 0 saturated carbocycles. The molecule has 0 amide bonds. The van der Waals surface area contributed by atoms with Gasteiger partial charge in [-0.1, -0.05) is 0 Å². The fourth-order valence-electron chi connectivity index (χ4n) is 1.92. The zero-order valence-corrected chi connectivity index (χ0v) is 14.5. The van der Waals surface area contributed by atoms with Gasteiger partial charge in [-0.05, 0) is 59.7 Å². The maximum absolute atomic E-state index is 5.61. The molecule has 6 nitrogen and oxygen atoms in total. The fraction of sp³-hybridized carbons (Fsp3) is 0.385. The summed E-state index contributed by atoms with van der Waals surface area (Å²) in [5, 5.41) is 6.78. The molecule has 0 bridgehead atoms. The first-order valence-corrected chi connectivity index (χ1v) is 7.64. The number of nitrogens with one attached hydrogen (secondary N) is 2. The van der Waals surface area contributed by atoms with Crippen molar-refractivity contribution in [2.75, 3.05) is 19.1 Å². The van der Waals surface area contributed by atoms with Gasteiger partial charge in [-0.3, -0.25) is 5.10 Å². The molecular formula is C13H17BrN4O2S. The number of aryl methyl sites for hydroxylation is 1. The van der Waals surface area contributed by atoms with Crippen LogP contribution >= 0.6 is 28.1 Å². The summed E-state index contributed by atoms with van der Waals surface area (Å²) in [6.45, 7) is 4.96. The standard InChI is InChI=1S/C13H17BrN4O2S/c1-4-20-11-6-9(5-10(14)12(11)19-3)7-15-18-8(2)16-17-13(18)21/h5-6,15H,4,7H2,1-3H3,(H,17,21). The molecule has 0 radical (unpaired) electrons. The van der Waals surface area contributed by atoms with E-state index < -0.39 is 0 Å². The lowest BCUT2D eigenvalue weighted by molar-refractivity contribution is 0.309. The Balaban J connectivity index is 2.22. The maximum Gasteiger partial charge on any atom is 0.214 e. The number of hydrogen-bond acceptors (Lipinski definition) is 5. The number of methoxy groups -OCH3 is 1. The third-order valence-electron chi connectivity index (χ3n) is 2.85. The van der Waals surface area contributed by atoms with Crippen LogP contribution in [0.5, 0.6) is 11.5 Å². The highest BCUT2D eigenvalue weighted by atomic mass is 79.9. The number of ether oxygens (including phenoxy) is 2. The molecule has 1 heterocycles. The number of hydrogen-bond donors (Lipinski definition) is 2. The van der Waals surface area contributed by atoms with Crippen molar-refractivity contribution in [3.8, 4) is 11.5 Å². The van der Waals surface area contributed by atoms with Gasteiger partial charge in [0.15, 0.2) is 11.5 Å². The quantitative estimate of drug-likeness (QED) is 0.762. The summed E-state index contributed by atoms with van der Waals surface area (Å²) in [6.07, 6.45) is 0. The Hall–Kier alpha value is -1.54. The monoisotopic (exact) mass is 372 g/mol. The Morgan fingerprint density at radius 2 is 2.24 bits per heavy atom. The van der Waals surface area contributed by atoms with E-state index in [0.717, 1.165) is 15.9 Å². The van der Waals surface area contributed by atoms with Gasteiger partial charge in [0.05, 0.1) is 24.7 Å². The van der Waals surface area contributed by atoms with Gasteiger partial charge in [-0.2, -0.15) is 5.10 Å². The second-order valence-corrected chi connectivity index (χ2v) is 5.53. The van der Waals surface area contributed by atoms with E-state index in [2.05, 4.69) is 31.6 Å². The van der Waals surface area contributed by atoms with Crippen molar-refractivity contribution in [3.05, 3.63) is 32.8 Å². The molecule has 0 saturated heterocycles. The van der Waals surface area contributed by atoms with Crippen LogP contribution in [0.3, 0.4) is 0 Å². The normalized spacial score (nSPS) is 10.5.